The van der Waals surface area contributed by atoms with E-state index < -0.39 is 12.0 Å². The van der Waals surface area contributed by atoms with Crippen molar-refractivity contribution < 1.29 is 23.5 Å². The molecule has 0 spiro atoms. The Labute approximate surface area is 190 Å². The number of benzene rings is 3. The second-order valence-electron chi connectivity index (χ2n) is 8.16. The van der Waals surface area contributed by atoms with Gasteiger partial charge in [0.2, 0.25) is 5.91 Å². The lowest BCUT2D eigenvalue weighted by atomic mass is 9.75. The standard InChI is InChI=1S/C26H23FN2O4/c1-32-21-13-19-20(14-22(21)33-2)26(31)29-12-11-15-5-3-4-6-18(15)24(29)23(19)25(30)28-17-9-7-16(27)8-10-17/h3-10,13-14,23-24H,11-12H2,1-2H3,(H,28,30). The molecule has 0 aromatic heterocycles. The molecular formula is C26H23FN2O4. The van der Waals surface area contributed by atoms with Crippen LogP contribution >= 0.6 is 0 Å². The van der Waals surface area contributed by atoms with E-state index in [1.807, 2.05) is 24.3 Å². The molecule has 2 unspecified atom stereocenters. The first-order valence-corrected chi connectivity index (χ1v) is 10.7. The van der Waals surface area contributed by atoms with Gasteiger partial charge in [-0.1, -0.05) is 24.3 Å². The third-order valence-electron chi connectivity index (χ3n) is 6.42. The molecule has 168 valence electrons. The molecular weight excluding hydrogens is 423 g/mol. The summed E-state index contributed by atoms with van der Waals surface area (Å²) in [6.07, 6.45) is 0.716. The van der Waals surface area contributed by atoms with Crippen LogP contribution in [0.4, 0.5) is 10.1 Å². The molecule has 2 aliphatic rings. The van der Waals surface area contributed by atoms with Gasteiger partial charge in [-0.25, -0.2) is 4.39 Å². The molecule has 7 heteroatoms. The fraction of sp³-hybridized carbons (Fsp3) is 0.231. The number of amides is 2. The Morgan fingerprint density at radius 2 is 1.70 bits per heavy atom. The van der Waals surface area contributed by atoms with Gasteiger partial charge in [-0.15, -0.1) is 0 Å². The highest BCUT2D eigenvalue weighted by molar-refractivity contribution is 6.05. The highest BCUT2D eigenvalue weighted by Crippen LogP contribution is 2.48. The van der Waals surface area contributed by atoms with Gasteiger partial charge in [0.1, 0.15) is 5.82 Å². The minimum atomic E-state index is -0.691. The third kappa shape index (κ3) is 3.50. The SMILES string of the molecule is COc1cc2c(cc1OC)C(C(=O)Nc1ccc(F)cc1)C1c3ccccc3CCN1C2=O. The molecule has 2 aliphatic heterocycles. The van der Waals surface area contributed by atoms with E-state index in [0.29, 0.717) is 41.3 Å². The van der Waals surface area contributed by atoms with Gasteiger partial charge >= 0.3 is 0 Å². The van der Waals surface area contributed by atoms with Crippen LogP contribution in [-0.2, 0) is 11.2 Å². The van der Waals surface area contributed by atoms with Gasteiger partial charge < -0.3 is 19.7 Å². The van der Waals surface area contributed by atoms with Gasteiger partial charge in [0, 0.05) is 17.8 Å². The molecule has 1 N–H and O–H groups in total. The summed E-state index contributed by atoms with van der Waals surface area (Å²) in [5.74, 6) is -0.625. The fourth-order valence-electron chi connectivity index (χ4n) is 4.89. The molecule has 0 aliphatic carbocycles. The van der Waals surface area contributed by atoms with Crippen molar-refractivity contribution in [1.29, 1.82) is 0 Å². The number of methoxy groups -OCH3 is 2. The summed E-state index contributed by atoms with van der Waals surface area (Å²) in [5, 5.41) is 2.91. The van der Waals surface area contributed by atoms with Crippen LogP contribution < -0.4 is 14.8 Å². The molecule has 2 amide bonds. The normalized spacial score (nSPS) is 18.6. The van der Waals surface area contributed by atoms with Gasteiger partial charge in [0.05, 0.1) is 26.2 Å². The number of ether oxygens (including phenoxy) is 2. The first-order valence-electron chi connectivity index (χ1n) is 10.7. The lowest BCUT2D eigenvalue weighted by molar-refractivity contribution is -0.119. The number of hydrogen-bond acceptors (Lipinski definition) is 4. The van der Waals surface area contributed by atoms with Gasteiger partial charge in [-0.3, -0.25) is 9.59 Å². The minimum Gasteiger partial charge on any atom is -0.493 e. The predicted molar refractivity (Wildman–Crippen MR) is 121 cm³/mol. The van der Waals surface area contributed by atoms with E-state index in [2.05, 4.69) is 5.32 Å². The molecule has 0 fully saturated rings. The molecule has 6 nitrogen and oxygen atoms in total. The molecule has 3 aromatic rings. The highest BCUT2D eigenvalue weighted by atomic mass is 19.1. The van der Waals surface area contributed by atoms with E-state index in [0.717, 1.165) is 11.1 Å². The summed E-state index contributed by atoms with van der Waals surface area (Å²) in [6, 6.07) is 16.4. The Hall–Kier alpha value is -3.87. The van der Waals surface area contributed by atoms with Crippen molar-refractivity contribution in [1.82, 2.24) is 4.90 Å². The van der Waals surface area contributed by atoms with Crippen molar-refractivity contribution in [2.24, 2.45) is 0 Å². The molecule has 0 saturated carbocycles. The van der Waals surface area contributed by atoms with Crippen LogP contribution in [0.3, 0.4) is 0 Å². The Morgan fingerprint density at radius 1 is 1.00 bits per heavy atom. The summed E-state index contributed by atoms with van der Waals surface area (Å²) in [6.45, 7) is 0.509. The first-order chi connectivity index (χ1) is 16.0. The molecule has 2 atom stereocenters. The molecule has 0 radical (unpaired) electrons. The zero-order valence-corrected chi connectivity index (χ0v) is 18.3. The maximum absolute atomic E-state index is 13.7. The van der Waals surface area contributed by atoms with Crippen LogP contribution in [-0.4, -0.2) is 37.5 Å². The van der Waals surface area contributed by atoms with Crippen molar-refractivity contribution in [2.75, 3.05) is 26.1 Å². The topological polar surface area (TPSA) is 67.9 Å². The number of fused-ring (bicyclic) bond motifs is 4. The quantitative estimate of drug-likeness (QED) is 0.648. The molecule has 5 rings (SSSR count). The van der Waals surface area contributed by atoms with Crippen molar-refractivity contribution >= 4 is 17.5 Å². The number of carbonyl (C=O) groups excluding carboxylic acids is 2. The smallest absolute Gasteiger partial charge is 0.254 e. The molecule has 2 heterocycles. The zero-order chi connectivity index (χ0) is 23.1. The van der Waals surface area contributed by atoms with Crippen LogP contribution in [0.15, 0.2) is 60.7 Å². The molecule has 0 bridgehead atoms. The number of halogens is 1. The Kier molecular flexibility index (Phi) is 5.24. The van der Waals surface area contributed by atoms with E-state index >= 15 is 0 Å². The third-order valence-corrected chi connectivity index (χ3v) is 6.42. The van der Waals surface area contributed by atoms with Crippen LogP contribution in [0.2, 0.25) is 0 Å². The van der Waals surface area contributed by atoms with Crippen LogP contribution in [0.1, 0.15) is 39.0 Å². The molecule has 33 heavy (non-hydrogen) atoms. The Morgan fingerprint density at radius 3 is 2.42 bits per heavy atom. The average molecular weight is 446 g/mol. The van der Waals surface area contributed by atoms with Crippen molar-refractivity contribution in [3.8, 4) is 11.5 Å². The van der Waals surface area contributed by atoms with E-state index in [-0.39, 0.29) is 17.6 Å². The van der Waals surface area contributed by atoms with Gasteiger partial charge in [0.15, 0.2) is 11.5 Å². The van der Waals surface area contributed by atoms with Gasteiger partial charge in [0.25, 0.3) is 5.91 Å². The second-order valence-corrected chi connectivity index (χ2v) is 8.16. The number of rotatable bonds is 4. The summed E-state index contributed by atoms with van der Waals surface area (Å²) < 4.78 is 24.3. The van der Waals surface area contributed by atoms with Gasteiger partial charge in [-0.2, -0.15) is 0 Å². The van der Waals surface area contributed by atoms with E-state index in [1.165, 1.54) is 38.5 Å². The van der Waals surface area contributed by atoms with Crippen LogP contribution in [0, 0.1) is 5.82 Å². The van der Waals surface area contributed by atoms with E-state index in [4.69, 9.17) is 9.47 Å². The second kappa shape index (κ2) is 8.24. The zero-order valence-electron chi connectivity index (χ0n) is 18.3. The predicted octanol–water partition coefficient (Wildman–Crippen LogP) is 4.32. The number of carbonyl (C=O) groups is 2. The molecule has 0 saturated heterocycles. The Bertz CT molecular complexity index is 1240. The first kappa shape index (κ1) is 21.0. The van der Waals surface area contributed by atoms with E-state index in [9.17, 15) is 14.0 Å². The maximum atomic E-state index is 13.7. The largest absolute Gasteiger partial charge is 0.493 e. The summed E-state index contributed by atoms with van der Waals surface area (Å²) in [4.78, 5) is 29.0. The lowest BCUT2D eigenvalue weighted by Crippen LogP contribution is -2.49. The van der Waals surface area contributed by atoms with Crippen molar-refractivity contribution in [3.05, 3.63) is 88.7 Å². The summed E-state index contributed by atoms with van der Waals surface area (Å²) in [7, 11) is 3.03. The van der Waals surface area contributed by atoms with Crippen LogP contribution in [0.25, 0.3) is 0 Å². The Balaban J connectivity index is 1.67. The number of anilines is 1. The summed E-state index contributed by atoms with van der Waals surface area (Å²) in [5.41, 5.74) is 3.56. The molecule has 3 aromatic carbocycles. The van der Waals surface area contributed by atoms with Gasteiger partial charge in [-0.05, 0) is 59.5 Å². The maximum Gasteiger partial charge on any atom is 0.254 e. The number of hydrogen-bond donors (Lipinski definition) is 1. The number of nitrogens with zero attached hydrogens (tertiary/aromatic N) is 1. The number of nitrogens with one attached hydrogen (secondary N) is 1. The average Bonchev–Trinajstić information content (AvgIpc) is 2.84. The summed E-state index contributed by atoms with van der Waals surface area (Å²) >= 11 is 0. The fourth-order valence-corrected chi connectivity index (χ4v) is 4.89. The monoisotopic (exact) mass is 446 g/mol. The lowest BCUT2D eigenvalue weighted by Gasteiger charge is -2.45. The van der Waals surface area contributed by atoms with Crippen molar-refractivity contribution in [2.45, 2.75) is 18.4 Å². The van der Waals surface area contributed by atoms with Crippen molar-refractivity contribution in [3.63, 3.8) is 0 Å². The van der Waals surface area contributed by atoms with E-state index in [1.54, 1.807) is 17.0 Å². The van der Waals surface area contributed by atoms with Crippen LogP contribution in [0.5, 0.6) is 11.5 Å². The highest BCUT2D eigenvalue weighted by Gasteiger charge is 2.47. The minimum absolute atomic E-state index is 0.142.